The first kappa shape index (κ1) is 9.98. The topological polar surface area (TPSA) is 77.8 Å². The summed E-state index contributed by atoms with van der Waals surface area (Å²) in [5, 5.41) is 18.1. The third kappa shape index (κ3) is 1.98. The molecule has 13 heavy (non-hydrogen) atoms. The van der Waals surface area contributed by atoms with E-state index >= 15 is 0 Å². The van der Waals surface area contributed by atoms with Crippen molar-refractivity contribution in [1.82, 2.24) is 5.06 Å². The Hall–Kier alpha value is -1.10. The van der Waals surface area contributed by atoms with Crippen LogP contribution in [0.5, 0.6) is 0 Å². The minimum Gasteiger partial charge on any atom is -0.481 e. The van der Waals surface area contributed by atoms with Crippen LogP contribution in [0.4, 0.5) is 0 Å². The maximum absolute atomic E-state index is 11.3. The second-order valence-corrected chi connectivity index (χ2v) is 3.34. The summed E-state index contributed by atoms with van der Waals surface area (Å²) in [6.07, 6.45) is 1.82. The van der Waals surface area contributed by atoms with E-state index in [9.17, 15) is 9.59 Å². The Morgan fingerprint density at radius 3 is 2.31 bits per heavy atom. The van der Waals surface area contributed by atoms with Crippen LogP contribution in [0.3, 0.4) is 0 Å². The summed E-state index contributed by atoms with van der Waals surface area (Å²) in [6.45, 7) is 0. The Balaban J connectivity index is 2.68. The minimum atomic E-state index is -0.947. The average molecular weight is 187 g/mol. The molecule has 1 aliphatic rings. The van der Waals surface area contributed by atoms with E-state index in [-0.39, 0.29) is 0 Å². The van der Waals surface area contributed by atoms with E-state index in [1.54, 1.807) is 0 Å². The Morgan fingerprint density at radius 1 is 1.31 bits per heavy atom. The predicted octanol–water partition coefficient (Wildman–Crippen LogP) is 0.335. The van der Waals surface area contributed by atoms with Crippen LogP contribution >= 0.6 is 0 Å². The number of carboxylic acids is 1. The number of amides is 1. The molecule has 1 aliphatic carbocycles. The Morgan fingerprint density at radius 2 is 1.85 bits per heavy atom. The van der Waals surface area contributed by atoms with Gasteiger partial charge in [0.15, 0.2) is 0 Å². The van der Waals surface area contributed by atoms with Gasteiger partial charge in [-0.15, -0.1) is 0 Å². The highest BCUT2D eigenvalue weighted by molar-refractivity contribution is 5.84. The third-order valence-corrected chi connectivity index (χ3v) is 2.47. The second kappa shape index (κ2) is 3.74. The van der Waals surface area contributed by atoms with Gasteiger partial charge in [-0.3, -0.25) is 14.8 Å². The number of aliphatic carboxylic acids is 1. The zero-order valence-corrected chi connectivity index (χ0v) is 7.43. The van der Waals surface area contributed by atoms with Gasteiger partial charge in [0.1, 0.15) is 0 Å². The highest BCUT2D eigenvalue weighted by atomic mass is 16.5. The summed E-state index contributed by atoms with van der Waals surface area (Å²) >= 11 is 0. The van der Waals surface area contributed by atoms with Gasteiger partial charge in [-0.2, -0.15) is 0 Å². The molecule has 0 aliphatic heterocycles. The van der Waals surface area contributed by atoms with E-state index in [4.69, 9.17) is 10.3 Å². The molecule has 0 heterocycles. The summed E-state index contributed by atoms with van der Waals surface area (Å²) in [6, 6.07) is 0. The van der Waals surface area contributed by atoms with Gasteiger partial charge < -0.3 is 5.11 Å². The van der Waals surface area contributed by atoms with E-state index in [1.165, 1.54) is 7.05 Å². The van der Waals surface area contributed by atoms with E-state index in [2.05, 4.69) is 0 Å². The maximum atomic E-state index is 11.3. The first-order valence-corrected chi connectivity index (χ1v) is 4.23. The van der Waals surface area contributed by atoms with Gasteiger partial charge in [0.2, 0.25) is 5.91 Å². The molecular formula is C8H13NO4. The zero-order valence-electron chi connectivity index (χ0n) is 7.43. The van der Waals surface area contributed by atoms with E-state index in [0.717, 1.165) is 6.42 Å². The molecule has 1 rings (SSSR count). The molecule has 0 saturated heterocycles. The van der Waals surface area contributed by atoms with Crippen molar-refractivity contribution in [3.8, 4) is 0 Å². The number of carboxylic acid groups (broad SMARTS) is 1. The highest BCUT2D eigenvalue weighted by Gasteiger charge is 2.38. The largest absolute Gasteiger partial charge is 0.481 e. The number of carbonyl (C=O) groups excluding carboxylic acids is 1. The molecule has 5 nitrogen and oxygen atoms in total. The molecule has 2 atom stereocenters. The number of hydroxylamine groups is 2. The lowest BCUT2D eigenvalue weighted by atomic mass is 9.95. The zero-order chi connectivity index (χ0) is 10.0. The van der Waals surface area contributed by atoms with Crippen molar-refractivity contribution >= 4 is 11.9 Å². The summed E-state index contributed by atoms with van der Waals surface area (Å²) in [5.41, 5.74) is 0. The molecule has 2 unspecified atom stereocenters. The Bertz CT molecular complexity index is 226. The molecule has 0 radical (unpaired) electrons. The number of hydrogen-bond acceptors (Lipinski definition) is 3. The average Bonchev–Trinajstić information content (AvgIpc) is 2.50. The van der Waals surface area contributed by atoms with E-state index in [1.807, 2.05) is 0 Å². The lowest BCUT2D eigenvalue weighted by Gasteiger charge is -2.17. The second-order valence-electron chi connectivity index (χ2n) is 3.34. The van der Waals surface area contributed by atoms with Gasteiger partial charge in [-0.05, 0) is 12.8 Å². The van der Waals surface area contributed by atoms with Gasteiger partial charge in [-0.1, -0.05) is 6.42 Å². The molecule has 1 saturated carbocycles. The number of hydrogen-bond donors (Lipinski definition) is 2. The summed E-state index contributed by atoms with van der Waals surface area (Å²) in [4.78, 5) is 22.0. The summed E-state index contributed by atoms with van der Waals surface area (Å²) < 4.78 is 0. The first-order valence-electron chi connectivity index (χ1n) is 4.23. The molecule has 0 aromatic rings. The fourth-order valence-corrected chi connectivity index (χ4v) is 1.79. The lowest BCUT2D eigenvalue weighted by Crippen LogP contribution is -2.34. The third-order valence-electron chi connectivity index (χ3n) is 2.47. The quantitative estimate of drug-likeness (QED) is 0.482. The van der Waals surface area contributed by atoms with Crippen LogP contribution in [0.1, 0.15) is 19.3 Å². The van der Waals surface area contributed by atoms with Crippen LogP contribution in [0.25, 0.3) is 0 Å². The van der Waals surface area contributed by atoms with Gasteiger partial charge in [0, 0.05) is 7.05 Å². The van der Waals surface area contributed by atoms with Crippen LogP contribution in [-0.2, 0) is 9.59 Å². The molecule has 2 N–H and O–H groups in total. The van der Waals surface area contributed by atoms with E-state index in [0.29, 0.717) is 17.9 Å². The van der Waals surface area contributed by atoms with Crippen molar-refractivity contribution in [2.45, 2.75) is 19.3 Å². The van der Waals surface area contributed by atoms with Crippen molar-refractivity contribution in [2.75, 3.05) is 7.05 Å². The van der Waals surface area contributed by atoms with Gasteiger partial charge in [0.25, 0.3) is 0 Å². The van der Waals surface area contributed by atoms with Gasteiger partial charge in [-0.25, -0.2) is 5.06 Å². The fourth-order valence-electron chi connectivity index (χ4n) is 1.79. The molecule has 0 bridgehead atoms. The summed E-state index contributed by atoms with van der Waals surface area (Å²) in [5.74, 6) is -2.61. The Kier molecular flexibility index (Phi) is 2.87. The fraction of sp³-hybridized carbons (Fsp3) is 0.750. The smallest absolute Gasteiger partial charge is 0.307 e. The van der Waals surface area contributed by atoms with Gasteiger partial charge >= 0.3 is 5.97 Å². The minimum absolute atomic E-state index is 0.478. The maximum Gasteiger partial charge on any atom is 0.307 e. The van der Waals surface area contributed by atoms with Crippen molar-refractivity contribution in [1.29, 1.82) is 0 Å². The van der Waals surface area contributed by atoms with Crippen LogP contribution in [0.2, 0.25) is 0 Å². The van der Waals surface area contributed by atoms with Crippen LogP contribution in [-0.4, -0.2) is 34.3 Å². The van der Waals surface area contributed by atoms with Crippen LogP contribution in [0, 0.1) is 11.8 Å². The highest BCUT2D eigenvalue weighted by Crippen LogP contribution is 2.32. The molecule has 0 spiro atoms. The molecule has 0 aromatic heterocycles. The van der Waals surface area contributed by atoms with Crippen molar-refractivity contribution in [2.24, 2.45) is 11.8 Å². The standard InChI is InChI=1S/C8H13NO4/c1-9(13)7(10)5-3-2-4-6(5)8(11)12/h5-6,13H,2-4H2,1H3,(H,11,12). The Labute approximate surface area is 75.9 Å². The van der Waals surface area contributed by atoms with Crippen LogP contribution < -0.4 is 0 Å². The number of carbonyl (C=O) groups is 2. The van der Waals surface area contributed by atoms with Crippen molar-refractivity contribution < 1.29 is 19.9 Å². The van der Waals surface area contributed by atoms with Crippen LogP contribution in [0.15, 0.2) is 0 Å². The SMILES string of the molecule is CN(O)C(=O)C1CCCC1C(=O)O. The van der Waals surface area contributed by atoms with Crippen molar-refractivity contribution in [3.05, 3.63) is 0 Å². The molecule has 5 heteroatoms. The van der Waals surface area contributed by atoms with Gasteiger partial charge in [0.05, 0.1) is 11.8 Å². The number of rotatable bonds is 2. The lowest BCUT2D eigenvalue weighted by molar-refractivity contribution is -0.168. The molecule has 1 fully saturated rings. The predicted molar refractivity (Wildman–Crippen MR) is 43.0 cm³/mol. The van der Waals surface area contributed by atoms with Crippen molar-refractivity contribution in [3.63, 3.8) is 0 Å². The molecule has 1 amide bonds. The molecular weight excluding hydrogens is 174 g/mol. The number of nitrogens with zero attached hydrogens (tertiary/aromatic N) is 1. The normalized spacial score (nSPS) is 27.2. The monoisotopic (exact) mass is 187 g/mol. The molecule has 74 valence electrons. The summed E-state index contributed by atoms with van der Waals surface area (Å²) in [7, 11) is 1.22. The van der Waals surface area contributed by atoms with E-state index < -0.39 is 23.7 Å². The molecule has 0 aromatic carbocycles. The first-order chi connectivity index (χ1) is 6.04.